The molecule has 0 N–H and O–H groups in total. The lowest BCUT2D eigenvalue weighted by Gasteiger charge is -2.08. The van der Waals surface area contributed by atoms with Crippen LogP contribution in [0.2, 0.25) is 10.3 Å². The summed E-state index contributed by atoms with van der Waals surface area (Å²) in [4.78, 5) is 23.7. The molecule has 0 spiro atoms. The maximum absolute atomic E-state index is 12.8. The molecule has 0 saturated carbocycles. The molecule has 1 aliphatic rings. The monoisotopic (exact) mass is 397 g/mol. The molecular formula is C16H13Cl2N3OS2. The van der Waals surface area contributed by atoms with Crippen molar-refractivity contribution in [3.63, 3.8) is 0 Å². The van der Waals surface area contributed by atoms with Gasteiger partial charge in [0.05, 0.1) is 5.39 Å². The molecule has 0 amide bonds. The van der Waals surface area contributed by atoms with E-state index in [1.165, 1.54) is 22.2 Å². The number of pyridine rings is 1. The lowest BCUT2D eigenvalue weighted by atomic mass is 10.2. The standard InChI is InChI=1S/C16H13Cl2N3OS2/c1-21-15(22)12-9-3-2-4-10(9)24-14(12)20-16(21)23-7-8-5-6-11(17)19-13(8)18/h5-6H,2-4,7H2,1H3. The smallest absolute Gasteiger partial charge is 0.262 e. The Bertz CT molecular complexity index is 1010. The Morgan fingerprint density at radius 3 is 2.92 bits per heavy atom. The molecule has 0 aromatic carbocycles. The second kappa shape index (κ2) is 6.33. The van der Waals surface area contributed by atoms with Crippen molar-refractivity contribution in [2.24, 2.45) is 7.05 Å². The van der Waals surface area contributed by atoms with Crippen molar-refractivity contribution in [2.75, 3.05) is 0 Å². The first-order chi connectivity index (χ1) is 11.5. The molecule has 0 atom stereocenters. The molecule has 124 valence electrons. The van der Waals surface area contributed by atoms with Gasteiger partial charge >= 0.3 is 0 Å². The number of thioether (sulfide) groups is 1. The second-order valence-electron chi connectivity index (χ2n) is 5.67. The summed E-state index contributed by atoms with van der Waals surface area (Å²) in [5, 5.41) is 2.26. The van der Waals surface area contributed by atoms with Gasteiger partial charge in [-0.05, 0) is 36.5 Å². The van der Waals surface area contributed by atoms with Crippen LogP contribution in [0, 0.1) is 0 Å². The molecule has 4 rings (SSSR count). The maximum Gasteiger partial charge on any atom is 0.262 e. The minimum Gasteiger partial charge on any atom is -0.290 e. The quantitative estimate of drug-likeness (QED) is 0.371. The number of hydrogen-bond acceptors (Lipinski definition) is 5. The van der Waals surface area contributed by atoms with E-state index in [1.807, 2.05) is 6.07 Å². The predicted octanol–water partition coefficient (Wildman–Crippen LogP) is 4.48. The van der Waals surface area contributed by atoms with E-state index in [9.17, 15) is 4.79 Å². The van der Waals surface area contributed by atoms with Crippen LogP contribution in [-0.2, 0) is 25.6 Å². The van der Waals surface area contributed by atoms with E-state index < -0.39 is 0 Å². The summed E-state index contributed by atoms with van der Waals surface area (Å²) in [6, 6.07) is 3.56. The molecule has 0 unspecified atom stereocenters. The molecule has 8 heteroatoms. The molecule has 0 fully saturated rings. The summed E-state index contributed by atoms with van der Waals surface area (Å²) >= 11 is 15.1. The summed E-state index contributed by atoms with van der Waals surface area (Å²) in [6.07, 6.45) is 3.19. The normalized spacial score (nSPS) is 13.6. The summed E-state index contributed by atoms with van der Waals surface area (Å²) in [5.41, 5.74) is 2.13. The van der Waals surface area contributed by atoms with Gasteiger partial charge in [0.15, 0.2) is 5.16 Å². The highest BCUT2D eigenvalue weighted by atomic mass is 35.5. The van der Waals surface area contributed by atoms with E-state index in [0.29, 0.717) is 21.2 Å². The Hall–Kier alpha value is -1.08. The van der Waals surface area contributed by atoms with E-state index in [0.717, 1.165) is 35.0 Å². The number of rotatable bonds is 3. The molecule has 24 heavy (non-hydrogen) atoms. The van der Waals surface area contributed by atoms with Gasteiger partial charge in [0, 0.05) is 17.7 Å². The number of hydrogen-bond donors (Lipinski definition) is 0. The average molecular weight is 398 g/mol. The van der Waals surface area contributed by atoms with E-state index in [4.69, 9.17) is 28.2 Å². The Morgan fingerprint density at radius 1 is 1.29 bits per heavy atom. The minimum atomic E-state index is 0.0437. The van der Waals surface area contributed by atoms with Crippen LogP contribution in [0.25, 0.3) is 10.2 Å². The molecule has 4 nitrogen and oxygen atoms in total. The molecule has 3 aromatic rings. The van der Waals surface area contributed by atoms with Gasteiger partial charge < -0.3 is 0 Å². The van der Waals surface area contributed by atoms with Crippen molar-refractivity contribution in [1.82, 2.24) is 14.5 Å². The first kappa shape index (κ1) is 16.4. The van der Waals surface area contributed by atoms with Gasteiger partial charge in [0.1, 0.15) is 15.1 Å². The van der Waals surface area contributed by atoms with Gasteiger partial charge in [-0.3, -0.25) is 9.36 Å². The van der Waals surface area contributed by atoms with Crippen molar-refractivity contribution >= 4 is 56.5 Å². The highest BCUT2D eigenvalue weighted by molar-refractivity contribution is 7.98. The molecule has 3 aromatic heterocycles. The number of fused-ring (bicyclic) bond motifs is 3. The van der Waals surface area contributed by atoms with Crippen LogP contribution in [0.15, 0.2) is 22.1 Å². The van der Waals surface area contributed by atoms with Crippen LogP contribution in [0.3, 0.4) is 0 Å². The molecule has 0 saturated heterocycles. The van der Waals surface area contributed by atoms with Crippen molar-refractivity contribution in [1.29, 1.82) is 0 Å². The molecular weight excluding hydrogens is 385 g/mol. The fraction of sp³-hybridized carbons (Fsp3) is 0.312. The Morgan fingerprint density at radius 2 is 2.12 bits per heavy atom. The highest BCUT2D eigenvalue weighted by Gasteiger charge is 2.22. The summed E-state index contributed by atoms with van der Waals surface area (Å²) < 4.78 is 1.63. The zero-order chi connectivity index (χ0) is 16.8. The Kier molecular flexibility index (Phi) is 4.33. The van der Waals surface area contributed by atoms with Crippen molar-refractivity contribution < 1.29 is 0 Å². The third-order valence-corrected chi connectivity index (χ3v) is 6.96. The number of nitrogens with zero attached hydrogens (tertiary/aromatic N) is 3. The summed E-state index contributed by atoms with van der Waals surface area (Å²) in [7, 11) is 1.78. The number of thiophene rings is 1. The SMILES string of the molecule is Cn1c(SCc2ccc(Cl)nc2Cl)nc2sc3c(c2c1=O)CCC3. The van der Waals surface area contributed by atoms with E-state index in [1.54, 1.807) is 29.0 Å². The molecule has 0 aliphatic heterocycles. The largest absolute Gasteiger partial charge is 0.290 e. The van der Waals surface area contributed by atoms with Crippen LogP contribution >= 0.6 is 46.3 Å². The van der Waals surface area contributed by atoms with E-state index in [-0.39, 0.29) is 5.56 Å². The Labute approximate surface area is 156 Å². The van der Waals surface area contributed by atoms with Crippen molar-refractivity contribution in [3.05, 3.63) is 48.8 Å². The average Bonchev–Trinajstić information content (AvgIpc) is 3.11. The third kappa shape index (κ3) is 2.75. The zero-order valence-electron chi connectivity index (χ0n) is 12.8. The van der Waals surface area contributed by atoms with Gasteiger partial charge in [-0.2, -0.15) is 0 Å². The van der Waals surface area contributed by atoms with Gasteiger partial charge in [0.25, 0.3) is 5.56 Å². The molecule has 3 heterocycles. The molecule has 0 radical (unpaired) electrons. The molecule has 1 aliphatic carbocycles. The topological polar surface area (TPSA) is 47.8 Å². The minimum absolute atomic E-state index is 0.0437. The lowest BCUT2D eigenvalue weighted by molar-refractivity contribution is 0.727. The van der Waals surface area contributed by atoms with E-state index in [2.05, 4.69) is 4.98 Å². The van der Waals surface area contributed by atoms with Gasteiger partial charge in [-0.25, -0.2) is 9.97 Å². The number of halogens is 2. The zero-order valence-corrected chi connectivity index (χ0v) is 16.0. The number of aromatic nitrogens is 3. The number of aryl methyl sites for hydroxylation is 2. The van der Waals surface area contributed by atoms with Crippen LogP contribution in [-0.4, -0.2) is 14.5 Å². The lowest BCUT2D eigenvalue weighted by Crippen LogP contribution is -2.20. The van der Waals surface area contributed by atoms with Gasteiger partial charge in [-0.1, -0.05) is 41.0 Å². The summed E-state index contributed by atoms with van der Waals surface area (Å²) in [5.74, 6) is 0.583. The van der Waals surface area contributed by atoms with Crippen LogP contribution < -0.4 is 5.56 Å². The van der Waals surface area contributed by atoms with Crippen LogP contribution in [0.5, 0.6) is 0 Å². The fourth-order valence-corrected chi connectivity index (χ4v) is 5.68. The predicted molar refractivity (Wildman–Crippen MR) is 101 cm³/mol. The van der Waals surface area contributed by atoms with Gasteiger partial charge in [0.2, 0.25) is 0 Å². The second-order valence-corrected chi connectivity index (χ2v) is 8.44. The van der Waals surface area contributed by atoms with Crippen LogP contribution in [0.4, 0.5) is 0 Å². The third-order valence-electron chi connectivity index (χ3n) is 4.15. The maximum atomic E-state index is 12.8. The van der Waals surface area contributed by atoms with Gasteiger partial charge in [-0.15, -0.1) is 11.3 Å². The Balaban J connectivity index is 1.70. The first-order valence-electron chi connectivity index (χ1n) is 7.49. The summed E-state index contributed by atoms with van der Waals surface area (Å²) in [6.45, 7) is 0. The first-order valence-corrected chi connectivity index (χ1v) is 10.1. The van der Waals surface area contributed by atoms with Crippen LogP contribution in [0.1, 0.15) is 22.4 Å². The molecule has 0 bridgehead atoms. The van der Waals surface area contributed by atoms with E-state index >= 15 is 0 Å². The van der Waals surface area contributed by atoms with Crippen molar-refractivity contribution in [3.8, 4) is 0 Å². The van der Waals surface area contributed by atoms with Crippen molar-refractivity contribution in [2.45, 2.75) is 30.2 Å². The fourth-order valence-electron chi connectivity index (χ4n) is 2.93. The highest BCUT2D eigenvalue weighted by Crippen LogP contribution is 2.36.